The van der Waals surface area contributed by atoms with Gasteiger partial charge >= 0.3 is 11.9 Å². The maximum Gasteiger partial charge on any atom is 0.308 e. The van der Waals surface area contributed by atoms with Crippen LogP contribution in [0.15, 0.2) is 168 Å². The Hall–Kier alpha value is -9.23. The Balaban J connectivity index is 0.000000132. The van der Waals surface area contributed by atoms with Crippen LogP contribution in [-0.2, 0) is 19.2 Å². The van der Waals surface area contributed by atoms with E-state index in [1.54, 1.807) is 30.8 Å². The number of carboxylic acid groups (broad SMARTS) is 2. The molecule has 436 valence electrons. The highest BCUT2D eigenvalue weighted by Gasteiger charge is 2.37. The highest BCUT2D eigenvalue weighted by Crippen LogP contribution is 2.42. The minimum absolute atomic E-state index is 0. The quantitative estimate of drug-likeness (QED) is 0.0619. The minimum atomic E-state index is -0.705. The van der Waals surface area contributed by atoms with Gasteiger partial charge in [0.25, 0.3) is 11.8 Å². The molecule has 85 heavy (non-hydrogen) atoms. The molecule has 0 bridgehead atoms. The predicted molar refractivity (Wildman–Crippen MR) is 330 cm³/mol. The lowest BCUT2D eigenvalue weighted by molar-refractivity contribution is -0.143. The third kappa shape index (κ3) is 13.3. The summed E-state index contributed by atoms with van der Waals surface area (Å²) in [6.07, 6.45) is 14.1. The number of anilines is 2. The highest BCUT2D eigenvalue weighted by atomic mass is 35.5. The zero-order valence-corrected chi connectivity index (χ0v) is 47.3. The third-order valence-corrected chi connectivity index (χ3v) is 16.9. The number of aromatic amines is 2. The SMILES string of the molecule is Cl.O=C(O)[C@@H]1CCC[C@H]1c1ccccc1.O=C(O)[C@@H]1CCN[C@H]1c1ccccc1.O=C1NN=Cc2c[nH]c3cc(NC(=O)[C@@H]4CCC[C@H]4c4ccccc4)cc1c23.O=C1NN=Cc2c[nH]c3cc(NC(=O)[C@@H]4CCN[C@H]4c4ccccc4)cc1c23. The molecule has 4 fully saturated rings. The monoisotopic (exact) mass is 1160 g/mol. The Labute approximate surface area is 497 Å². The van der Waals surface area contributed by atoms with Crippen molar-refractivity contribution in [3.63, 3.8) is 0 Å². The van der Waals surface area contributed by atoms with E-state index in [9.17, 15) is 28.8 Å². The van der Waals surface area contributed by atoms with Crippen molar-refractivity contribution in [2.45, 2.75) is 75.3 Å². The Morgan fingerprint density at radius 3 is 1.29 bits per heavy atom. The fourth-order valence-corrected chi connectivity index (χ4v) is 12.9. The first-order chi connectivity index (χ1) is 41.0. The van der Waals surface area contributed by atoms with E-state index in [0.717, 1.165) is 109 Å². The average molecular weight is 1160 g/mol. The number of hydrazone groups is 2. The van der Waals surface area contributed by atoms with Crippen LogP contribution in [-0.4, -0.2) is 81.3 Å². The van der Waals surface area contributed by atoms with Gasteiger partial charge in [0, 0.05) is 74.7 Å². The maximum atomic E-state index is 13.1. The molecule has 0 spiro atoms. The molecule has 6 aliphatic rings. The molecular formula is C66H67ClN10O8. The molecule has 6 heterocycles. The van der Waals surface area contributed by atoms with Gasteiger partial charge in [-0.3, -0.25) is 28.8 Å². The Kier molecular flexibility index (Phi) is 18.7. The molecule has 8 aromatic rings. The van der Waals surface area contributed by atoms with Gasteiger partial charge in [0.05, 0.1) is 41.3 Å². The van der Waals surface area contributed by atoms with Crippen LogP contribution < -0.4 is 32.1 Å². The number of nitrogens with zero attached hydrogens (tertiary/aromatic N) is 2. The Morgan fingerprint density at radius 2 is 0.847 bits per heavy atom. The van der Waals surface area contributed by atoms with Crippen LogP contribution in [0.25, 0.3) is 21.8 Å². The molecule has 4 amide bonds. The largest absolute Gasteiger partial charge is 0.481 e. The molecule has 10 N–H and O–H groups in total. The van der Waals surface area contributed by atoms with Crippen molar-refractivity contribution in [1.82, 2.24) is 31.5 Å². The zero-order valence-electron chi connectivity index (χ0n) is 46.5. The zero-order chi connectivity index (χ0) is 58.1. The summed E-state index contributed by atoms with van der Waals surface area (Å²) in [5.74, 6) is -2.18. The van der Waals surface area contributed by atoms with Crippen molar-refractivity contribution in [3.05, 3.63) is 202 Å². The molecule has 0 unspecified atom stereocenters. The number of nitrogens with one attached hydrogen (secondary N) is 8. The second-order valence-corrected chi connectivity index (χ2v) is 22.0. The van der Waals surface area contributed by atoms with E-state index in [2.05, 4.69) is 64.4 Å². The Bertz CT molecular complexity index is 3520. The van der Waals surface area contributed by atoms with E-state index in [0.29, 0.717) is 22.5 Å². The van der Waals surface area contributed by atoms with Crippen LogP contribution in [0.2, 0.25) is 0 Å². The van der Waals surface area contributed by atoms with Gasteiger partial charge in [-0.15, -0.1) is 12.4 Å². The molecule has 18 nitrogen and oxygen atoms in total. The van der Waals surface area contributed by atoms with Crippen LogP contribution in [0, 0.1) is 23.7 Å². The van der Waals surface area contributed by atoms with Gasteiger partial charge in [0.1, 0.15) is 0 Å². The van der Waals surface area contributed by atoms with E-state index >= 15 is 0 Å². The summed E-state index contributed by atoms with van der Waals surface area (Å²) in [5.41, 5.74) is 15.1. The fourth-order valence-electron chi connectivity index (χ4n) is 12.9. The lowest BCUT2D eigenvalue weighted by Crippen LogP contribution is -2.28. The van der Waals surface area contributed by atoms with Gasteiger partial charge in [-0.1, -0.05) is 134 Å². The second kappa shape index (κ2) is 27.0. The standard InChI is InChI=1S/C22H20N4O2.C21H19N5O2.C12H14O2.C11H13NO2.ClH/c27-21(17-8-4-7-16(17)13-5-2-1-3-6-13)25-15-9-18-20-14(11-23-19(20)10-15)12-24-26-22(18)28;27-20(15-6-7-22-19(15)12-4-2-1-3-5-12)25-14-8-16-18-13(10-23-17(18)9-14)11-24-26-21(16)28;13-12(14)11-8-4-7-10(11)9-5-2-1-3-6-9;13-11(14)9-6-7-12-10(9)8-4-2-1-3-5-8;/h1-3,5-6,9-12,16-17,23H,4,7-8H2,(H,25,27)(H,26,28);1-5,8-11,15,19,22-23H,6-7H2,(H,25,27)(H,26,28);1-3,5-6,10-11H,4,7-8H2,(H,13,14);1-5,9-10,12H,6-7H2,(H,13,14);1H/t16-,17+;15-,19+;10-,11+;9-,10+;/m0101./s1. The lowest BCUT2D eigenvalue weighted by Gasteiger charge is -2.20. The molecule has 2 aliphatic carbocycles. The van der Waals surface area contributed by atoms with E-state index < -0.39 is 11.9 Å². The first-order valence-electron chi connectivity index (χ1n) is 28.7. The molecule has 14 rings (SSSR count). The lowest BCUT2D eigenvalue weighted by atomic mass is 9.88. The third-order valence-electron chi connectivity index (χ3n) is 16.9. The van der Waals surface area contributed by atoms with E-state index in [4.69, 9.17) is 10.2 Å². The predicted octanol–water partition coefficient (Wildman–Crippen LogP) is 10.8. The number of hydrogen-bond donors (Lipinski definition) is 10. The molecule has 6 aromatic carbocycles. The summed E-state index contributed by atoms with van der Waals surface area (Å²) >= 11 is 0. The molecular weight excluding hydrogens is 1100 g/mol. The fraction of sp³-hybridized carbons (Fsp3) is 0.273. The first-order valence-corrected chi connectivity index (χ1v) is 28.7. The summed E-state index contributed by atoms with van der Waals surface area (Å²) in [6.45, 7) is 1.58. The molecule has 2 aromatic heterocycles. The van der Waals surface area contributed by atoms with Crippen molar-refractivity contribution >= 4 is 93.6 Å². The molecule has 2 saturated carbocycles. The van der Waals surface area contributed by atoms with Crippen molar-refractivity contribution in [1.29, 1.82) is 0 Å². The van der Waals surface area contributed by atoms with Gasteiger partial charge in [-0.2, -0.15) is 10.2 Å². The summed E-state index contributed by atoms with van der Waals surface area (Å²) < 4.78 is 0. The van der Waals surface area contributed by atoms with Crippen LogP contribution in [0.3, 0.4) is 0 Å². The van der Waals surface area contributed by atoms with Crippen LogP contribution in [0.5, 0.6) is 0 Å². The van der Waals surface area contributed by atoms with Crippen molar-refractivity contribution in [2.75, 3.05) is 23.7 Å². The van der Waals surface area contributed by atoms with Gasteiger partial charge in [-0.05, 0) is 110 Å². The van der Waals surface area contributed by atoms with Gasteiger partial charge in [0.2, 0.25) is 11.8 Å². The van der Waals surface area contributed by atoms with Gasteiger partial charge < -0.3 is 41.4 Å². The summed E-state index contributed by atoms with van der Waals surface area (Å²) in [5, 5.41) is 40.2. The number of aliphatic carboxylic acids is 2. The number of aromatic nitrogens is 2. The number of carboxylic acids is 2. The minimum Gasteiger partial charge on any atom is -0.481 e. The van der Waals surface area contributed by atoms with Gasteiger partial charge in [0.15, 0.2) is 0 Å². The molecule has 8 atom stereocenters. The van der Waals surface area contributed by atoms with Gasteiger partial charge in [-0.25, -0.2) is 10.9 Å². The van der Waals surface area contributed by atoms with E-state index in [1.807, 2.05) is 128 Å². The van der Waals surface area contributed by atoms with Crippen LogP contribution in [0.4, 0.5) is 11.4 Å². The average Bonchev–Trinajstić information content (AvgIpc) is 2.73. The van der Waals surface area contributed by atoms with Crippen molar-refractivity contribution in [2.24, 2.45) is 33.9 Å². The topological polar surface area (TPSA) is 271 Å². The van der Waals surface area contributed by atoms with E-state index in [-0.39, 0.29) is 83.6 Å². The van der Waals surface area contributed by atoms with E-state index in [1.165, 1.54) is 11.1 Å². The van der Waals surface area contributed by atoms with Crippen molar-refractivity contribution < 1.29 is 39.0 Å². The number of carbonyl (C=O) groups excluding carboxylic acids is 4. The summed E-state index contributed by atoms with van der Waals surface area (Å²) in [4.78, 5) is 79.0. The first kappa shape index (κ1) is 58.9. The number of benzene rings is 6. The molecule has 0 radical (unpaired) electrons. The summed E-state index contributed by atoms with van der Waals surface area (Å²) in [7, 11) is 0. The second-order valence-electron chi connectivity index (χ2n) is 22.0. The van der Waals surface area contributed by atoms with Crippen molar-refractivity contribution in [3.8, 4) is 0 Å². The number of hydrogen-bond acceptors (Lipinski definition) is 10. The van der Waals surface area contributed by atoms with Crippen LogP contribution in [0.1, 0.15) is 129 Å². The molecule has 19 heteroatoms. The number of amides is 4. The number of halogens is 1. The number of rotatable bonds is 10. The Morgan fingerprint density at radius 1 is 0.459 bits per heavy atom. The molecule has 4 aliphatic heterocycles. The molecule has 2 saturated heterocycles. The smallest absolute Gasteiger partial charge is 0.308 e. The normalized spacial score (nSPS) is 22.4. The highest BCUT2D eigenvalue weighted by molar-refractivity contribution is 6.17. The number of carbonyl (C=O) groups is 6. The maximum absolute atomic E-state index is 13.1. The van der Waals surface area contributed by atoms with Crippen LogP contribution >= 0.6 is 12.4 Å². The summed E-state index contributed by atoms with van der Waals surface area (Å²) in [6, 6.07) is 47.1. The number of H-pyrrole nitrogens is 2.